The van der Waals surface area contributed by atoms with Crippen LogP contribution in [-0.2, 0) is 22.2 Å². The number of carbonyl (C=O) groups excluding carboxylic acids is 4. The van der Waals surface area contributed by atoms with Gasteiger partial charge in [-0.05, 0) is 124 Å². The number of aromatic nitrogens is 2. The third-order valence-electron chi connectivity index (χ3n) is 16.1. The number of primary amides is 1. The number of fused-ring (bicyclic) bond motifs is 2. The van der Waals surface area contributed by atoms with E-state index in [2.05, 4.69) is 43.7 Å². The third kappa shape index (κ3) is 8.46. The minimum absolute atomic E-state index is 0.0432. The van der Waals surface area contributed by atoms with Crippen LogP contribution in [0.2, 0.25) is 0 Å². The minimum atomic E-state index is -1.01. The van der Waals surface area contributed by atoms with Crippen LogP contribution < -0.4 is 30.7 Å². The Kier molecular flexibility index (Phi) is 12.9. The molecule has 368 valence electrons. The monoisotopic (exact) mass is 956 g/mol. The number of methoxy groups -OCH3 is 1. The molecule has 70 heavy (non-hydrogen) atoms. The molecule has 3 atom stereocenters. The summed E-state index contributed by atoms with van der Waals surface area (Å²) in [4.78, 5) is 57.6. The van der Waals surface area contributed by atoms with Crippen LogP contribution >= 0.6 is 0 Å². The number of ether oxygens (including phenoxy) is 2. The van der Waals surface area contributed by atoms with Crippen LogP contribution in [0.5, 0.6) is 11.5 Å². The molecule has 5 amide bonds. The summed E-state index contributed by atoms with van der Waals surface area (Å²) >= 11 is 0. The smallest absolute Gasteiger partial charge is 0.329 e. The SMILES string of the molecule is COc1ccc(C(N)=O)c(-c2c(C)c(F)cc3c2[C@H](C)[C@@](CNC2CCC(C(=O)N4CCC[C@@H]4CN4CCC(c5ccc6c(N7CCC(=O)NC7=O)nn(C)c6c5)CC4)CC2)(c2ccccc2)O3)c1F. The number of nitrogens with two attached hydrogens (primary N) is 1. The molecule has 1 aromatic heterocycles. The molecule has 0 spiro atoms. The molecule has 1 saturated carbocycles. The number of hydrogen-bond donors (Lipinski definition) is 3. The van der Waals surface area contributed by atoms with E-state index in [4.69, 9.17) is 15.2 Å². The van der Waals surface area contributed by atoms with E-state index in [9.17, 15) is 19.2 Å². The van der Waals surface area contributed by atoms with E-state index in [0.717, 1.165) is 94.0 Å². The number of likely N-dealkylation sites (tertiary alicyclic amines) is 2. The van der Waals surface area contributed by atoms with Gasteiger partial charge in [0.05, 0.1) is 18.2 Å². The molecule has 16 heteroatoms. The Balaban J connectivity index is 0.771. The van der Waals surface area contributed by atoms with Crippen molar-refractivity contribution in [3.8, 4) is 22.6 Å². The maximum atomic E-state index is 16.3. The van der Waals surface area contributed by atoms with E-state index >= 15 is 8.78 Å². The van der Waals surface area contributed by atoms with Gasteiger partial charge in [0.1, 0.15) is 11.6 Å². The number of piperidine rings is 1. The number of anilines is 1. The molecule has 3 saturated heterocycles. The van der Waals surface area contributed by atoms with Crippen molar-refractivity contribution >= 4 is 40.5 Å². The van der Waals surface area contributed by atoms with Gasteiger partial charge < -0.3 is 30.3 Å². The Morgan fingerprint density at radius 2 is 1.70 bits per heavy atom. The Morgan fingerprint density at radius 1 is 0.943 bits per heavy atom. The maximum Gasteiger partial charge on any atom is 0.329 e. The lowest BCUT2D eigenvalue weighted by molar-refractivity contribution is -0.138. The van der Waals surface area contributed by atoms with Crippen LogP contribution in [0.4, 0.5) is 19.4 Å². The molecule has 4 aromatic carbocycles. The molecule has 14 nitrogen and oxygen atoms in total. The number of aryl methyl sites for hydroxylation is 1. The number of urea groups is 1. The van der Waals surface area contributed by atoms with E-state index in [1.807, 2.05) is 49.0 Å². The largest absolute Gasteiger partial charge is 0.494 e. The van der Waals surface area contributed by atoms with Crippen molar-refractivity contribution in [3.05, 3.63) is 106 Å². The van der Waals surface area contributed by atoms with Crippen LogP contribution in [0.3, 0.4) is 0 Å². The highest BCUT2D eigenvalue weighted by Gasteiger charge is 2.50. The Hall–Kier alpha value is -6.39. The lowest BCUT2D eigenvalue weighted by atomic mass is 9.76. The van der Waals surface area contributed by atoms with Gasteiger partial charge >= 0.3 is 6.03 Å². The number of nitrogens with zero attached hydrogens (tertiary/aromatic N) is 5. The lowest BCUT2D eigenvalue weighted by Gasteiger charge is -2.39. The molecule has 5 heterocycles. The molecule has 4 aliphatic heterocycles. The highest BCUT2D eigenvalue weighted by atomic mass is 19.1. The van der Waals surface area contributed by atoms with Crippen LogP contribution in [0.15, 0.2) is 66.7 Å². The first kappa shape index (κ1) is 47.3. The third-order valence-corrected chi connectivity index (χ3v) is 16.1. The molecule has 0 radical (unpaired) electrons. The molecule has 0 unspecified atom stereocenters. The van der Waals surface area contributed by atoms with Gasteiger partial charge in [-0.15, -0.1) is 0 Å². The second-order valence-corrected chi connectivity index (χ2v) is 20.0. The van der Waals surface area contributed by atoms with E-state index in [-0.39, 0.29) is 70.0 Å². The van der Waals surface area contributed by atoms with E-state index < -0.39 is 35.1 Å². The van der Waals surface area contributed by atoms with Crippen molar-refractivity contribution in [2.24, 2.45) is 18.7 Å². The fourth-order valence-corrected chi connectivity index (χ4v) is 12.2. The summed E-state index contributed by atoms with van der Waals surface area (Å²) < 4.78 is 46.3. The summed E-state index contributed by atoms with van der Waals surface area (Å²) in [6.07, 6.45) is 7.45. The summed E-state index contributed by atoms with van der Waals surface area (Å²) in [6.45, 7) is 7.82. The average molecular weight is 957 g/mol. The summed E-state index contributed by atoms with van der Waals surface area (Å²) in [7, 11) is 3.22. The number of halogens is 2. The fraction of sp³-hybridized carbons (Fsp3) is 0.463. The topological polar surface area (TPSA) is 164 Å². The van der Waals surface area contributed by atoms with Gasteiger partial charge in [-0.25, -0.2) is 13.6 Å². The van der Waals surface area contributed by atoms with Gasteiger partial charge in [-0.1, -0.05) is 43.3 Å². The number of rotatable bonds is 12. The lowest BCUT2D eigenvalue weighted by Crippen LogP contribution is -2.50. The zero-order valence-corrected chi connectivity index (χ0v) is 40.4. The first-order chi connectivity index (χ1) is 33.8. The van der Waals surface area contributed by atoms with Gasteiger partial charge in [-0.3, -0.25) is 29.3 Å². The van der Waals surface area contributed by atoms with Gasteiger partial charge in [0.2, 0.25) is 17.7 Å². The van der Waals surface area contributed by atoms with Crippen molar-refractivity contribution in [1.82, 2.24) is 30.2 Å². The molecular formula is C54H62F2N8O6. The van der Waals surface area contributed by atoms with Crippen molar-refractivity contribution < 1.29 is 37.4 Å². The zero-order valence-electron chi connectivity index (χ0n) is 40.4. The van der Waals surface area contributed by atoms with E-state index in [0.29, 0.717) is 30.4 Å². The van der Waals surface area contributed by atoms with Gasteiger partial charge in [0, 0.05) is 86.1 Å². The first-order valence-electron chi connectivity index (χ1n) is 24.8. The summed E-state index contributed by atoms with van der Waals surface area (Å²) in [6, 6.07) is 20.2. The predicted molar refractivity (Wildman–Crippen MR) is 262 cm³/mol. The number of amides is 5. The van der Waals surface area contributed by atoms with Gasteiger partial charge in [0.25, 0.3) is 0 Å². The molecule has 5 aromatic rings. The quantitative estimate of drug-likeness (QED) is 0.113. The van der Waals surface area contributed by atoms with Gasteiger partial charge in [0.15, 0.2) is 23.0 Å². The first-order valence-corrected chi connectivity index (χ1v) is 24.8. The van der Waals surface area contributed by atoms with E-state index in [1.165, 1.54) is 30.9 Å². The predicted octanol–water partition coefficient (Wildman–Crippen LogP) is 7.79. The fourth-order valence-electron chi connectivity index (χ4n) is 12.2. The molecule has 10 rings (SSSR count). The van der Waals surface area contributed by atoms with Crippen LogP contribution in [-0.4, -0.2) is 102 Å². The van der Waals surface area contributed by atoms with E-state index in [1.54, 1.807) is 11.8 Å². The minimum Gasteiger partial charge on any atom is -0.494 e. The molecule has 0 bridgehead atoms. The van der Waals surface area contributed by atoms with Gasteiger partial charge in [-0.2, -0.15) is 5.10 Å². The normalized spacial score (nSPS) is 24.2. The summed E-state index contributed by atoms with van der Waals surface area (Å²) in [5, 5.41) is 11.8. The molecule has 4 N–H and O–H groups in total. The van der Waals surface area contributed by atoms with Crippen LogP contribution in [0.25, 0.3) is 22.0 Å². The standard InChI is InChI=1S/C54H62F2N8O6/c1-31-41(55)28-44-47(46(31)48-40(50(57)66)18-19-43(69-4)49(48)56)32(2)54(70-44,36-9-6-5-7-10-36)30-58-37-15-12-34(13-16-37)52(67)63-23-8-11-38(63)29-62-24-20-33(21-25-62)35-14-17-39-42(27-35)61(3)60-51(39)64-26-22-45(65)59-53(64)68/h5-7,9-10,14,17-19,27-28,32-34,37-38,58H,8,11-13,15-16,20-26,29-30H2,1-4H3,(H2,57,66)(H,59,65,68)/t32-,34?,37?,38+,54-/m0/s1. The summed E-state index contributed by atoms with van der Waals surface area (Å²) in [5.74, 6) is -1.57. The maximum absolute atomic E-state index is 16.3. The molecular weight excluding hydrogens is 895 g/mol. The van der Waals surface area contributed by atoms with Crippen LogP contribution in [0.1, 0.15) is 109 Å². The number of nitrogens with one attached hydrogen (secondary N) is 2. The van der Waals surface area contributed by atoms with Crippen LogP contribution in [0, 0.1) is 24.5 Å². The van der Waals surface area contributed by atoms with Crippen molar-refractivity contribution in [2.45, 2.75) is 101 Å². The zero-order chi connectivity index (χ0) is 49.0. The van der Waals surface area contributed by atoms with Crippen molar-refractivity contribution in [1.29, 1.82) is 0 Å². The van der Waals surface area contributed by atoms with Crippen molar-refractivity contribution in [2.75, 3.05) is 51.3 Å². The molecule has 1 aliphatic carbocycles. The van der Waals surface area contributed by atoms with Crippen molar-refractivity contribution in [3.63, 3.8) is 0 Å². The number of benzene rings is 4. The highest BCUT2D eigenvalue weighted by Crippen LogP contribution is 2.56. The Morgan fingerprint density at radius 3 is 2.41 bits per heavy atom. The number of hydrogen-bond acceptors (Lipinski definition) is 9. The number of carbonyl (C=O) groups is 4. The second-order valence-electron chi connectivity index (χ2n) is 20.0. The highest BCUT2D eigenvalue weighted by molar-refractivity contribution is 6.09. The molecule has 4 fully saturated rings. The average Bonchev–Trinajstić information content (AvgIpc) is 4.05. The Bertz CT molecular complexity index is 2860. The summed E-state index contributed by atoms with van der Waals surface area (Å²) in [5.41, 5.74) is 8.67. The molecule has 5 aliphatic rings. The Labute approximate surface area is 406 Å². The number of imide groups is 1. The second kappa shape index (κ2) is 19.1.